The molecule has 0 aliphatic carbocycles. The van der Waals surface area contributed by atoms with E-state index in [2.05, 4.69) is 25.4 Å². The van der Waals surface area contributed by atoms with E-state index in [-0.39, 0.29) is 5.84 Å². The molecule has 0 unspecified atom stereocenters. The van der Waals surface area contributed by atoms with Gasteiger partial charge in [0.05, 0.1) is 12.4 Å². The molecule has 0 atom stereocenters. The second kappa shape index (κ2) is 4.84. The Bertz CT molecular complexity index is 732. The lowest BCUT2D eigenvalue weighted by atomic mass is 10.2. The zero-order valence-electron chi connectivity index (χ0n) is 10.3. The molecular weight excluding hydrogens is 256 g/mol. The van der Waals surface area contributed by atoms with Crippen LogP contribution in [0.1, 0.15) is 5.69 Å². The third-order valence-electron chi connectivity index (χ3n) is 2.56. The normalized spacial score (nSPS) is 10.4. The quantitative estimate of drug-likeness (QED) is 0.523. The lowest BCUT2D eigenvalue weighted by Gasteiger charge is -1.98. The van der Waals surface area contributed by atoms with Crippen LogP contribution in [0.25, 0.3) is 17.2 Å². The molecule has 1 aromatic carbocycles. The molecule has 0 radical (unpaired) electrons. The van der Waals surface area contributed by atoms with Crippen molar-refractivity contribution in [3.05, 3.63) is 48.4 Å². The lowest BCUT2D eigenvalue weighted by Crippen LogP contribution is -2.14. The molecule has 0 amide bonds. The van der Waals surface area contributed by atoms with Crippen LogP contribution in [0.5, 0.6) is 0 Å². The van der Waals surface area contributed by atoms with Gasteiger partial charge >= 0.3 is 0 Å². The molecule has 3 rings (SSSR count). The zero-order valence-corrected chi connectivity index (χ0v) is 10.3. The van der Waals surface area contributed by atoms with Gasteiger partial charge in [0.1, 0.15) is 11.5 Å². The number of nitrogens with one attached hydrogen (secondary N) is 1. The first-order valence-electron chi connectivity index (χ1n) is 5.76. The Kier molecular flexibility index (Phi) is 2.88. The minimum Gasteiger partial charge on any atom is -0.382 e. The van der Waals surface area contributed by atoms with Gasteiger partial charge in [0.2, 0.25) is 5.82 Å². The van der Waals surface area contributed by atoms with E-state index in [1.54, 1.807) is 0 Å². The zero-order chi connectivity index (χ0) is 13.9. The Balaban J connectivity index is 1.92. The highest BCUT2D eigenvalue weighted by molar-refractivity contribution is 5.92. The summed E-state index contributed by atoms with van der Waals surface area (Å²) in [6.07, 6.45) is 2.83. The Hall–Kier alpha value is -3.16. The molecule has 20 heavy (non-hydrogen) atoms. The van der Waals surface area contributed by atoms with Crippen LogP contribution in [-0.4, -0.2) is 36.0 Å². The van der Waals surface area contributed by atoms with Gasteiger partial charge in [-0.25, -0.2) is 9.97 Å². The Morgan fingerprint density at radius 3 is 2.55 bits per heavy atom. The number of hydrogen-bond donors (Lipinski definition) is 2. The molecule has 0 fully saturated rings. The average Bonchev–Trinajstić information content (AvgIpc) is 2.98. The van der Waals surface area contributed by atoms with Gasteiger partial charge in [-0.05, 0) is 5.21 Å². The number of rotatable bonds is 3. The summed E-state index contributed by atoms with van der Waals surface area (Å²) in [5.41, 5.74) is 6.48. The third-order valence-corrected chi connectivity index (χ3v) is 2.56. The summed E-state index contributed by atoms with van der Waals surface area (Å²) in [4.78, 5) is 9.36. The molecule has 0 saturated heterocycles. The average molecular weight is 266 g/mol. The van der Waals surface area contributed by atoms with E-state index in [1.807, 2.05) is 30.3 Å². The molecule has 0 aliphatic heterocycles. The molecule has 8 heteroatoms. The van der Waals surface area contributed by atoms with Gasteiger partial charge in [-0.1, -0.05) is 30.3 Å². The van der Waals surface area contributed by atoms with Crippen molar-refractivity contribution < 1.29 is 0 Å². The number of nitrogens with zero attached hydrogens (tertiary/aromatic N) is 6. The molecule has 8 nitrogen and oxygen atoms in total. The fourth-order valence-corrected chi connectivity index (χ4v) is 1.58. The van der Waals surface area contributed by atoms with E-state index in [4.69, 9.17) is 11.1 Å². The topological polar surface area (TPSA) is 119 Å². The van der Waals surface area contributed by atoms with Crippen molar-refractivity contribution >= 4 is 5.84 Å². The largest absolute Gasteiger partial charge is 0.382 e. The summed E-state index contributed by atoms with van der Waals surface area (Å²) in [6, 6.07) is 9.51. The summed E-state index contributed by atoms with van der Waals surface area (Å²) in [7, 11) is 0. The fraction of sp³-hybridized carbons (Fsp3) is 0. The predicted octanol–water partition coefficient (Wildman–Crippen LogP) is 0.403. The van der Waals surface area contributed by atoms with Crippen LogP contribution in [-0.2, 0) is 0 Å². The maximum absolute atomic E-state index is 7.25. The van der Waals surface area contributed by atoms with Crippen molar-refractivity contribution in [2.75, 3.05) is 0 Å². The van der Waals surface area contributed by atoms with Gasteiger partial charge in [-0.15, -0.1) is 15.0 Å². The maximum Gasteiger partial charge on any atom is 0.205 e. The highest BCUT2D eigenvalue weighted by Gasteiger charge is 2.08. The number of hydrogen-bond acceptors (Lipinski definition) is 6. The summed E-state index contributed by atoms with van der Waals surface area (Å²) in [5, 5.41) is 19.4. The van der Waals surface area contributed by atoms with E-state index < -0.39 is 0 Å². The van der Waals surface area contributed by atoms with Crippen LogP contribution >= 0.6 is 0 Å². The first-order chi connectivity index (χ1) is 9.74. The molecule has 0 bridgehead atoms. The predicted molar refractivity (Wildman–Crippen MR) is 71.2 cm³/mol. The molecule has 3 N–H and O–H groups in total. The van der Waals surface area contributed by atoms with Crippen LogP contribution in [0.15, 0.2) is 42.7 Å². The molecule has 3 aromatic rings. The van der Waals surface area contributed by atoms with Crippen molar-refractivity contribution in [3.63, 3.8) is 0 Å². The number of benzene rings is 1. The molecule has 2 aromatic heterocycles. The number of nitrogens with two attached hydrogens (primary N) is 1. The summed E-state index contributed by atoms with van der Waals surface area (Å²) in [5.74, 6) is 0.772. The minimum atomic E-state index is -0.138. The monoisotopic (exact) mass is 266 g/mol. The van der Waals surface area contributed by atoms with Gasteiger partial charge in [-0.2, -0.15) is 0 Å². The molecule has 0 saturated carbocycles. The standard InChI is InChI=1S/C12H10N8/c13-11(14)9-6-16-10(7-15-9)20-18-12(17-19-20)8-4-2-1-3-5-8/h1-7H,(H3,13,14). The van der Waals surface area contributed by atoms with Gasteiger partial charge in [0, 0.05) is 5.56 Å². The van der Waals surface area contributed by atoms with Crippen LogP contribution in [0, 0.1) is 5.41 Å². The number of amidine groups is 1. The van der Waals surface area contributed by atoms with Crippen LogP contribution < -0.4 is 5.73 Å². The summed E-state index contributed by atoms with van der Waals surface area (Å²) < 4.78 is 0. The first-order valence-corrected chi connectivity index (χ1v) is 5.76. The fourth-order valence-electron chi connectivity index (χ4n) is 1.58. The van der Waals surface area contributed by atoms with Gasteiger partial charge in [-0.3, -0.25) is 5.41 Å². The second-order valence-corrected chi connectivity index (χ2v) is 3.94. The highest BCUT2D eigenvalue weighted by atomic mass is 15.6. The van der Waals surface area contributed by atoms with Crippen molar-refractivity contribution in [2.45, 2.75) is 0 Å². The lowest BCUT2D eigenvalue weighted by molar-refractivity contribution is 0.696. The summed E-state index contributed by atoms with van der Waals surface area (Å²) >= 11 is 0. The van der Waals surface area contributed by atoms with Gasteiger partial charge in [0.15, 0.2) is 5.82 Å². The Morgan fingerprint density at radius 1 is 1.10 bits per heavy atom. The van der Waals surface area contributed by atoms with E-state index in [0.717, 1.165) is 5.56 Å². The Morgan fingerprint density at radius 2 is 1.90 bits per heavy atom. The van der Waals surface area contributed by atoms with Crippen molar-refractivity contribution in [1.29, 1.82) is 5.41 Å². The molecule has 0 spiro atoms. The highest BCUT2D eigenvalue weighted by Crippen LogP contribution is 2.12. The molecule has 2 heterocycles. The molecule has 98 valence electrons. The van der Waals surface area contributed by atoms with E-state index in [9.17, 15) is 0 Å². The van der Waals surface area contributed by atoms with E-state index in [0.29, 0.717) is 17.3 Å². The second-order valence-electron chi connectivity index (χ2n) is 3.94. The number of aromatic nitrogens is 6. The maximum atomic E-state index is 7.25. The number of tetrazole rings is 1. The van der Waals surface area contributed by atoms with Gasteiger partial charge < -0.3 is 5.73 Å². The third kappa shape index (κ3) is 2.21. The van der Waals surface area contributed by atoms with Crippen molar-refractivity contribution in [1.82, 2.24) is 30.2 Å². The smallest absolute Gasteiger partial charge is 0.205 e. The number of nitrogen functional groups attached to an aromatic ring is 1. The van der Waals surface area contributed by atoms with Crippen molar-refractivity contribution in [2.24, 2.45) is 5.73 Å². The van der Waals surface area contributed by atoms with Crippen LogP contribution in [0.4, 0.5) is 0 Å². The van der Waals surface area contributed by atoms with Crippen LogP contribution in [0.3, 0.4) is 0 Å². The minimum absolute atomic E-state index is 0.138. The van der Waals surface area contributed by atoms with E-state index in [1.165, 1.54) is 17.2 Å². The van der Waals surface area contributed by atoms with Crippen molar-refractivity contribution in [3.8, 4) is 17.2 Å². The van der Waals surface area contributed by atoms with Gasteiger partial charge in [0.25, 0.3) is 0 Å². The molecule has 0 aliphatic rings. The van der Waals surface area contributed by atoms with Crippen LogP contribution in [0.2, 0.25) is 0 Å². The SMILES string of the molecule is N=C(N)c1cnc(-n2nnc(-c3ccccc3)n2)cn1. The van der Waals surface area contributed by atoms with E-state index >= 15 is 0 Å². The Labute approximate surface area is 113 Å². The summed E-state index contributed by atoms with van der Waals surface area (Å²) in [6.45, 7) is 0. The first kappa shape index (κ1) is 11.9. The molecular formula is C12H10N8.